The van der Waals surface area contributed by atoms with Crippen LogP contribution in [0.4, 0.5) is 0 Å². The third-order valence-electron chi connectivity index (χ3n) is 13.4. The van der Waals surface area contributed by atoms with Crippen LogP contribution in [0.1, 0.15) is 265 Å². The molecular weight excluding hydrogens is 835 g/mol. The third kappa shape index (κ3) is 33.0. The summed E-state index contributed by atoms with van der Waals surface area (Å²) < 4.78 is 17.5. The lowest BCUT2D eigenvalue weighted by Gasteiger charge is -2.41. The van der Waals surface area contributed by atoms with Crippen LogP contribution in [-0.4, -0.2) is 99.6 Å². The van der Waals surface area contributed by atoms with Crippen molar-refractivity contribution in [3.8, 4) is 0 Å². The minimum atomic E-state index is -1.60. The number of ether oxygens (including phenoxy) is 3. The second kappa shape index (κ2) is 44.6. The Morgan fingerprint density at radius 1 is 0.576 bits per heavy atom. The fourth-order valence-corrected chi connectivity index (χ4v) is 8.95. The van der Waals surface area contributed by atoms with Gasteiger partial charge in [0.2, 0.25) is 5.91 Å². The number of aliphatic hydroxyl groups is 5. The van der Waals surface area contributed by atoms with E-state index in [0.29, 0.717) is 19.3 Å². The highest BCUT2D eigenvalue weighted by Crippen LogP contribution is 2.26. The Bertz CT molecular complexity index is 1130. The normalized spacial score (nSPS) is 20.2. The van der Waals surface area contributed by atoms with Crippen LogP contribution in [0.5, 0.6) is 0 Å². The van der Waals surface area contributed by atoms with Crippen molar-refractivity contribution in [3.63, 3.8) is 0 Å². The fourth-order valence-electron chi connectivity index (χ4n) is 8.95. The number of hydrogen-bond donors (Lipinski definition) is 6. The zero-order valence-electron chi connectivity index (χ0n) is 42.8. The maximum atomic E-state index is 13.3. The number of aliphatic hydroxyl groups excluding tert-OH is 5. The molecule has 11 nitrogen and oxygen atoms in total. The largest absolute Gasteiger partial charge is 0.454 e. The van der Waals surface area contributed by atoms with E-state index in [1.807, 2.05) is 6.08 Å². The van der Waals surface area contributed by atoms with Crippen LogP contribution in [0.2, 0.25) is 0 Å². The lowest BCUT2D eigenvalue weighted by molar-refractivity contribution is -0.305. The van der Waals surface area contributed by atoms with Gasteiger partial charge in [-0.1, -0.05) is 245 Å². The zero-order chi connectivity index (χ0) is 48.3. The summed E-state index contributed by atoms with van der Waals surface area (Å²) in [6, 6.07) is -1.01. The predicted octanol–water partition coefficient (Wildman–Crippen LogP) is 12.0. The van der Waals surface area contributed by atoms with Gasteiger partial charge in [0, 0.05) is 6.42 Å². The first kappa shape index (κ1) is 62.4. The maximum Gasteiger partial charge on any atom is 0.306 e. The van der Waals surface area contributed by atoms with E-state index in [2.05, 4.69) is 26.1 Å². The van der Waals surface area contributed by atoms with Crippen LogP contribution in [0.25, 0.3) is 0 Å². The Morgan fingerprint density at radius 2 is 0.985 bits per heavy atom. The van der Waals surface area contributed by atoms with Crippen LogP contribution >= 0.6 is 0 Å². The van der Waals surface area contributed by atoms with E-state index in [0.717, 1.165) is 57.8 Å². The first-order chi connectivity index (χ1) is 32.2. The molecule has 0 aliphatic carbocycles. The number of carbonyl (C=O) groups excluding carboxylic acids is 2. The Hall–Kier alpha value is -1.60. The molecule has 0 aromatic heterocycles. The first-order valence-electron chi connectivity index (χ1n) is 28.0. The molecule has 1 aliphatic rings. The lowest BCUT2D eigenvalue weighted by atomic mass is 9.99. The number of hydrogen-bond acceptors (Lipinski definition) is 10. The molecule has 390 valence electrons. The second-order valence-corrected chi connectivity index (χ2v) is 19.7. The Kier molecular flexibility index (Phi) is 42.2. The van der Waals surface area contributed by atoms with Crippen LogP contribution in [-0.2, 0) is 23.8 Å². The summed E-state index contributed by atoms with van der Waals surface area (Å²) in [5.41, 5.74) is 0. The van der Waals surface area contributed by atoms with Gasteiger partial charge in [0.25, 0.3) is 0 Å². The molecule has 1 amide bonds. The number of nitrogens with one attached hydrogen (secondary N) is 1. The molecule has 0 radical (unpaired) electrons. The van der Waals surface area contributed by atoms with E-state index in [4.69, 9.17) is 14.2 Å². The van der Waals surface area contributed by atoms with Crippen LogP contribution in [0.3, 0.4) is 0 Å². The number of allylic oxidation sites excluding steroid dienone is 1. The van der Waals surface area contributed by atoms with E-state index in [9.17, 15) is 35.1 Å². The van der Waals surface area contributed by atoms with E-state index in [-0.39, 0.29) is 13.0 Å². The van der Waals surface area contributed by atoms with Gasteiger partial charge in [-0.3, -0.25) is 9.59 Å². The van der Waals surface area contributed by atoms with Crippen LogP contribution in [0, 0.1) is 0 Å². The molecule has 0 aromatic rings. The Labute approximate surface area is 404 Å². The summed E-state index contributed by atoms with van der Waals surface area (Å²) in [4.78, 5) is 26.4. The van der Waals surface area contributed by atoms with Crippen molar-refractivity contribution in [3.05, 3.63) is 12.2 Å². The van der Waals surface area contributed by atoms with Crippen molar-refractivity contribution in [2.75, 3.05) is 13.2 Å². The topological polar surface area (TPSA) is 175 Å². The predicted molar refractivity (Wildman–Crippen MR) is 269 cm³/mol. The summed E-state index contributed by atoms with van der Waals surface area (Å²) in [6.07, 6.45) is 36.9. The molecule has 0 bridgehead atoms. The standard InChI is InChI=1S/C55H105NO10/c1-4-7-10-13-16-19-22-24-26-28-31-34-37-40-43-50(60)66-53-52(62)51(61)49(44-57)65-55(53)64-45-46(47(58)41-38-35-32-30-27-25-23-20-17-14-11-8-5-2)56-54(63)48(59)42-39-36-33-29-21-18-15-12-9-6-3/h38,41,46-49,51-53,55,57-59,61-62H,4-37,39-40,42-45H2,1-3H3,(H,56,63)/b41-38+. The van der Waals surface area contributed by atoms with Crippen molar-refractivity contribution >= 4 is 11.9 Å². The van der Waals surface area contributed by atoms with E-state index in [1.165, 1.54) is 161 Å². The van der Waals surface area contributed by atoms with E-state index in [1.54, 1.807) is 6.08 Å². The van der Waals surface area contributed by atoms with Crippen molar-refractivity contribution in [1.29, 1.82) is 0 Å². The summed E-state index contributed by atoms with van der Waals surface area (Å²) in [5, 5.41) is 56.6. The van der Waals surface area contributed by atoms with Gasteiger partial charge in [-0.2, -0.15) is 0 Å². The molecule has 1 aliphatic heterocycles. The molecule has 1 fully saturated rings. The van der Waals surface area contributed by atoms with Crippen LogP contribution in [0.15, 0.2) is 12.2 Å². The molecule has 1 rings (SSSR count). The van der Waals surface area contributed by atoms with Gasteiger partial charge in [0.05, 0.1) is 25.4 Å². The molecule has 0 aromatic carbocycles. The first-order valence-corrected chi connectivity index (χ1v) is 28.0. The molecule has 6 N–H and O–H groups in total. The quantitative estimate of drug-likeness (QED) is 0.0196. The SMILES string of the molecule is CCCCCCCCCCCCC/C=C/C(O)C(COC1OC(CO)C(O)C(O)C1OC(=O)CCCCCCCCCCCCCCCC)NC(=O)C(O)CCCCCCCCCCCC. The lowest BCUT2D eigenvalue weighted by Crippen LogP contribution is -2.61. The smallest absolute Gasteiger partial charge is 0.306 e. The molecule has 0 spiro atoms. The average Bonchev–Trinajstić information content (AvgIpc) is 3.31. The molecule has 0 saturated carbocycles. The molecule has 1 saturated heterocycles. The van der Waals surface area contributed by atoms with Gasteiger partial charge >= 0.3 is 5.97 Å². The van der Waals surface area contributed by atoms with Gasteiger partial charge in [-0.25, -0.2) is 0 Å². The minimum absolute atomic E-state index is 0.131. The second-order valence-electron chi connectivity index (χ2n) is 19.7. The van der Waals surface area contributed by atoms with Crippen LogP contribution < -0.4 is 5.32 Å². The third-order valence-corrected chi connectivity index (χ3v) is 13.4. The molecule has 1 heterocycles. The highest BCUT2D eigenvalue weighted by atomic mass is 16.7. The number of rotatable bonds is 47. The average molecular weight is 940 g/mol. The van der Waals surface area contributed by atoms with Crippen molar-refractivity contribution in [2.45, 2.75) is 314 Å². The number of amides is 1. The fraction of sp³-hybridized carbons (Fsp3) is 0.927. The molecule has 8 atom stereocenters. The minimum Gasteiger partial charge on any atom is -0.454 e. The monoisotopic (exact) mass is 940 g/mol. The zero-order valence-corrected chi connectivity index (χ0v) is 42.8. The molecular formula is C55H105NO10. The number of esters is 1. The highest BCUT2D eigenvalue weighted by molar-refractivity contribution is 5.80. The summed E-state index contributed by atoms with van der Waals surface area (Å²) in [5.74, 6) is -1.18. The molecule has 11 heteroatoms. The van der Waals surface area contributed by atoms with Gasteiger partial charge in [-0.15, -0.1) is 0 Å². The van der Waals surface area contributed by atoms with Crippen molar-refractivity contribution < 1.29 is 49.3 Å². The number of unbranched alkanes of at least 4 members (excludes halogenated alkanes) is 33. The van der Waals surface area contributed by atoms with Crippen molar-refractivity contribution in [1.82, 2.24) is 5.32 Å². The summed E-state index contributed by atoms with van der Waals surface area (Å²) in [6.45, 7) is 5.77. The van der Waals surface area contributed by atoms with Gasteiger partial charge in [-0.05, 0) is 25.7 Å². The van der Waals surface area contributed by atoms with Gasteiger partial charge in [0.15, 0.2) is 12.4 Å². The summed E-state index contributed by atoms with van der Waals surface area (Å²) >= 11 is 0. The Morgan fingerprint density at radius 3 is 1.42 bits per heavy atom. The number of carbonyl (C=O) groups is 2. The summed E-state index contributed by atoms with van der Waals surface area (Å²) in [7, 11) is 0. The molecule has 8 unspecified atom stereocenters. The highest BCUT2D eigenvalue weighted by Gasteiger charge is 2.47. The van der Waals surface area contributed by atoms with Crippen molar-refractivity contribution in [2.24, 2.45) is 0 Å². The molecule has 66 heavy (non-hydrogen) atoms. The van der Waals surface area contributed by atoms with Gasteiger partial charge in [0.1, 0.15) is 24.4 Å². The van der Waals surface area contributed by atoms with E-state index >= 15 is 0 Å². The maximum absolute atomic E-state index is 13.3. The van der Waals surface area contributed by atoms with Gasteiger partial charge < -0.3 is 45.1 Å². The van der Waals surface area contributed by atoms with E-state index < -0.39 is 67.4 Å². The Balaban J connectivity index is 2.74.